The Kier molecular flexibility index (Phi) is 9.51. The lowest BCUT2D eigenvalue weighted by Crippen LogP contribution is -2.11. The van der Waals surface area contributed by atoms with Gasteiger partial charge in [0.15, 0.2) is 0 Å². The van der Waals surface area contributed by atoms with Gasteiger partial charge in [0.05, 0.1) is 4.92 Å². The minimum Gasteiger partial charge on any atom is -0.326 e. The SMILES string of the molecule is [CH2]c1ccc(NC(=O)CCCCCCCCC(=O)Nc2cccc([N+](=O)[O-])c2)cc1. The topological polar surface area (TPSA) is 101 Å². The number of nitrogens with zero attached hydrogens (tertiary/aromatic N) is 1. The molecule has 0 unspecified atom stereocenters. The second kappa shape index (κ2) is 12.4. The van der Waals surface area contributed by atoms with E-state index in [1.54, 1.807) is 12.1 Å². The molecular formula is C23H28N3O4. The number of carbonyl (C=O) groups excluding carboxylic acids is 2. The van der Waals surface area contributed by atoms with Crippen LogP contribution in [0.15, 0.2) is 48.5 Å². The van der Waals surface area contributed by atoms with E-state index in [0.29, 0.717) is 18.5 Å². The molecule has 1 radical (unpaired) electrons. The fourth-order valence-corrected chi connectivity index (χ4v) is 3.01. The summed E-state index contributed by atoms with van der Waals surface area (Å²) in [6.07, 6.45) is 6.44. The number of amides is 2. The Bertz CT molecular complexity index is 850. The highest BCUT2D eigenvalue weighted by Crippen LogP contribution is 2.18. The Labute approximate surface area is 177 Å². The molecule has 159 valence electrons. The molecule has 0 saturated heterocycles. The number of rotatable bonds is 12. The molecule has 0 saturated carbocycles. The number of carbonyl (C=O) groups is 2. The molecule has 2 aromatic rings. The van der Waals surface area contributed by atoms with Crippen molar-refractivity contribution in [2.24, 2.45) is 0 Å². The zero-order valence-corrected chi connectivity index (χ0v) is 17.1. The third-order valence-corrected chi connectivity index (χ3v) is 4.64. The number of nitro benzene ring substituents is 1. The maximum atomic E-state index is 11.9. The van der Waals surface area contributed by atoms with E-state index in [2.05, 4.69) is 17.6 Å². The zero-order valence-electron chi connectivity index (χ0n) is 17.1. The maximum absolute atomic E-state index is 11.9. The molecule has 0 aromatic heterocycles. The van der Waals surface area contributed by atoms with E-state index in [9.17, 15) is 19.7 Å². The molecule has 0 aliphatic carbocycles. The van der Waals surface area contributed by atoms with Crippen LogP contribution in [-0.2, 0) is 9.59 Å². The van der Waals surface area contributed by atoms with E-state index in [1.165, 1.54) is 12.1 Å². The quantitative estimate of drug-likeness (QED) is 0.275. The van der Waals surface area contributed by atoms with Crippen LogP contribution in [0.3, 0.4) is 0 Å². The van der Waals surface area contributed by atoms with Crippen LogP contribution in [0.25, 0.3) is 0 Å². The van der Waals surface area contributed by atoms with Crippen molar-refractivity contribution in [1.82, 2.24) is 0 Å². The molecule has 0 fully saturated rings. The summed E-state index contributed by atoms with van der Waals surface area (Å²) < 4.78 is 0. The van der Waals surface area contributed by atoms with Gasteiger partial charge in [0.25, 0.3) is 5.69 Å². The molecule has 0 bridgehead atoms. The standard InChI is InChI=1S/C23H28N3O4/c1-18-13-15-19(16-14-18)24-22(27)11-6-4-2-3-5-7-12-23(28)25-20-9-8-10-21(17-20)26(29)30/h8-10,13-17H,1-7,11-12H2,(H,24,27)(H,25,28). The number of nitrogens with one attached hydrogen (secondary N) is 2. The second-order valence-electron chi connectivity index (χ2n) is 7.22. The van der Waals surface area contributed by atoms with Crippen LogP contribution in [0.1, 0.15) is 56.9 Å². The maximum Gasteiger partial charge on any atom is 0.271 e. The average molecular weight is 410 g/mol. The van der Waals surface area contributed by atoms with Gasteiger partial charge in [-0.15, -0.1) is 0 Å². The van der Waals surface area contributed by atoms with Crippen molar-refractivity contribution >= 4 is 28.9 Å². The van der Waals surface area contributed by atoms with E-state index in [1.807, 2.05) is 24.3 Å². The number of non-ortho nitro benzene ring substituents is 1. The molecule has 2 N–H and O–H groups in total. The highest BCUT2D eigenvalue weighted by atomic mass is 16.6. The van der Waals surface area contributed by atoms with Crippen molar-refractivity contribution in [2.75, 3.05) is 10.6 Å². The molecule has 2 aromatic carbocycles. The van der Waals surface area contributed by atoms with Crippen molar-refractivity contribution < 1.29 is 14.5 Å². The van der Waals surface area contributed by atoms with Crippen molar-refractivity contribution in [3.8, 4) is 0 Å². The van der Waals surface area contributed by atoms with Gasteiger partial charge in [-0.2, -0.15) is 0 Å². The van der Waals surface area contributed by atoms with Gasteiger partial charge in [-0.05, 0) is 43.5 Å². The summed E-state index contributed by atoms with van der Waals surface area (Å²) in [6, 6.07) is 13.3. The zero-order chi connectivity index (χ0) is 21.8. The number of benzene rings is 2. The van der Waals surface area contributed by atoms with Crippen LogP contribution in [0.4, 0.5) is 17.1 Å². The lowest BCUT2D eigenvalue weighted by Gasteiger charge is -2.06. The van der Waals surface area contributed by atoms with Crippen molar-refractivity contribution in [2.45, 2.75) is 51.4 Å². The van der Waals surface area contributed by atoms with Crippen molar-refractivity contribution in [3.05, 3.63) is 71.1 Å². The molecule has 0 spiro atoms. The summed E-state index contributed by atoms with van der Waals surface area (Å²) in [6.45, 7) is 3.81. The number of hydrogen-bond donors (Lipinski definition) is 2. The number of anilines is 2. The first-order chi connectivity index (χ1) is 14.4. The molecule has 0 heterocycles. The first-order valence-corrected chi connectivity index (χ1v) is 10.2. The van der Waals surface area contributed by atoms with Gasteiger partial charge in [0, 0.05) is 36.3 Å². The van der Waals surface area contributed by atoms with Crippen LogP contribution in [0, 0.1) is 17.0 Å². The summed E-state index contributed by atoms with van der Waals surface area (Å²) in [5, 5.41) is 16.3. The van der Waals surface area contributed by atoms with Gasteiger partial charge in [-0.3, -0.25) is 19.7 Å². The molecule has 2 amide bonds. The van der Waals surface area contributed by atoms with Gasteiger partial charge >= 0.3 is 0 Å². The molecule has 7 nitrogen and oxygen atoms in total. The van der Waals surface area contributed by atoms with Gasteiger partial charge in [0.2, 0.25) is 11.8 Å². The summed E-state index contributed by atoms with van der Waals surface area (Å²) in [4.78, 5) is 34.1. The summed E-state index contributed by atoms with van der Waals surface area (Å²) in [5.74, 6) is -0.122. The molecule has 0 aliphatic heterocycles. The van der Waals surface area contributed by atoms with Crippen LogP contribution >= 0.6 is 0 Å². The summed E-state index contributed by atoms with van der Waals surface area (Å²) in [7, 11) is 0. The molecular weight excluding hydrogens is 382 g/mol. The van der Waals surface area contributed by atoms with Crippen LogP contribution in [0.5, 0.6) is 0 Å². The molecule has 0 atom stereocenters. The normalized spacial score (nSPS) is 10.4. The third-order valence-electron chi connectivity index (χ3n) is 4.64. The lowest BCUT2D eigenvalue weighted by molar-refractivity contribution is -0.384. The smallest absolute Gasteiger partial charge is 0.271 e. The number of hydrogen-bond acceptors (Lipinski definition) is 4. The van der Waals surface area contributed by atoms with Gasteiger partial charge in [-0.25, -0.2) is 0 Å². The minimum absolute atomic E-state index is 0.0182. The Morgan fingerprint density at radius 3 is 1.90 bits per heavy atom. The van der Waals surface area contributed by atoms with E-state index in [0.717, 1.165) is 49.8 Å². The van der Waals surface area contributed by atoms with Gasteiger partial charge in [-0.1, -0.05) is 43.9 Å². The first kappa shape index (κ1) is 23.1. The Balaban J connectivity index is 1.50. The van der Waals surface area contributed by atoms with E-state index < -0.39 is 4.92 Å². The van der Waals surface area contributed by atoms with Crippen molar-refractivity contribution in [3.63, 3.8) is 0 Å². The largest absolute Gasteiger partial charge is 0.326 e. The highest BCUT2D eigenvalue weighted by Gasteiger charge is 2.08. The Morgan fingerprint density at radius 1 is 0.800 bits per heavy atom. The van der Waals surface area contributed by atoms with Gasteiger partial charge in [0.1, 0.15) is 0 Å². The van der Waals surface area contributed by atoms with Crippen LogP contribution < -0.4 is 10.6 Å². The predicted octanol–water partition coefficient (Wildman–Crippen LogP) is 5.47. The molecule has 7 heteroatoms. The Morgan fingerprint density at radius 2 is 1.33 bits per heavy atom. The molecule has 0 aliphatic rings. The molecule has 2 rings (SSSR count). The van der Waals surface area contributed by atoms with Crippen molar-refractivity contribution in [1.29, 1.82) is 0 Å². The van der Waals surface area contributed by atoms with Gasteiger partial charge < -0.3 is 10.6 Å². The van der Waals surface area contributed by atoms with Crippen LogP contribution in [-0.4, -0.2) is 16.7 Å². The van der Waals surface area contributed by atoms with Crippen LogP contribution in [0.2, 0.25) is 0 Å². The van der Waals surface area contributed by atoms with E-state index >= 15 is 0 Å². The fourth-order valence-electron chi connectivity index (χ4n) is 3.01. The van der Waals surface area contributed by atoms with E-state index in [4.69, 9.17) is 0 Å². The number of unbranched alkanes of at least 4 members (excludes halogenated alkanes) is 5. The highest BCUT2D eigenvalue weighted by molar-refractivity contribution is 5.91. The predicted molar refractivity (Wildman–Crippen MR) is 118 cm³/mol. The van der Waals surface area contributed by atoms with E-state index in [-0.39, 0.29) is 17.5 Å². The monoisotopic (exact) mass is 410 g/mol. The first-order valence-electron chi connectivity index (χ1n) is 10.2. The lowest BCUT2D eigenvalue weighted by atomic mass is 10.1. The third kappa shape index (κ3) is 8.86. The summed E-state index contributed by atoms with van der Waals surface area (Å²) in [5.41, 5.74) is 2.10. The number of nitro groups is 1. The second-order valence-corrected chi connectivity index (χ2v) is 7.22. The molecule has 30 heavy (non-hydrogen) atoms. The summed E-state index contributed by atoms with van der Waals surface area (Å²) >= 11 is 0. The fraction of sp³-hybridized carbons (Fsp3) is 0.348. The minimum atomic E-state index is -0.487. The average Bonchev–Trinajstić information content (AvgIpc) is 2.72. The Hall–Kier alpha value is -3.22.